The number of imidazole rings is 1. The molecule has 6 rings (SSSR count). The lowest BCUT2D eigenvalue weighted by Gasteiger charge is -2.27. The Balaban J connectivity index is 1.38. The summed E-state index contributed by atoms with van der Waals surface area (Å²) in [6, 6.07) is 16.5. The molecule has 2 fully saturated rings. The Hall–Kier alpha value is -3.20. The molecule has 8 nitrogen and oxygen atoms in total. The first-order chi connectivity index (χ1) is 18.0. The van der Waals surface area contributed by atoms with Crippen LogP contribution in [-0.4, -0.2) is 58.4 Å². The lowest BCUT2D eigenvalue weighted by atomic mass is 10.00. The maximum absolute atomic E-state index is 6.08. The van der Waals surface area contributed by atoms with E-state index in [1.165, 1.54) is 12.8 Å². The summed E-state index contributed by atoms with van der Waals surface area (Å²) in [5.74, 6) is 2.91. The molecule has 9 heteroatoms. The molecule has 2 aliphatic heterocycles. The maximum Gasteiger partial charge on any atom is 0.228 e. The number of ether oxygens (including phenoxy) is 1. The van der Waals surface area contributed by atoms with Gasteiger partial charge in [0.15, 0.2) is 0 Å². The minimum atomic E-state index is 0.352. The first-order valence-electron chi connectivity index (χ1n) is 13.0. The highest BCUT2D eigenvalue weighted by atomic mass is 35.5. The van der Waals surface area contributed by atoms with Crippen LogP contribution in [-0.2, 0) is 11.8 Å². The number of aryl methyl sites for hydroxylation is 1. The Morgan fingerprint density at radius 3 is 2.62 bits per heavy atom. The summed E-state index contributed by atoms with van der Waals surface area (Å²) in [7, 11) is 2.12. The van der Waals surface area contributed by atoms with Crippen LogP contribution in [0.25, 0.3) is 22.3 Å². The van der Waals surface area contributed by atoms with Crippen LogP contribution in [0.5, 0.6) is 0 Å². The molecule has 2 aliphatic rings. The summed E-state index contributed by atoms with van der Waals surface area (Å²) < 4.78 is 7.79. The number of rotatable bonds is 6. The lowest BCUT2D eigenvalue weighted by Crippen LogP contribution is -2.37. The van der Waals surface area contributed by atoms with Gasteiger partial charge in [-0.3, -0.25) is 0 Å². The van der Waals surface area contributed by atoms with E-state index in [1.54, 1.807) is 0 Å². The first kappa shape index (κ1) is 24.2. The summed E-state index contributed by atoms with van der Waals surface area (Å²) >= 11 is 6.08. The average molecular weight is 518 g/mol. The smallest absolute Gasteiger partial charge is 0.228 e. The van der Waals surface area contributed by atoms with Gasteiger partial charge in [-0.05, 0) is 55.8 Å². The van der Waals surface area contributed by atoms with Crippen LogP contribution in [0.2, 0.25) is 5.02 Å². The van der Waals surface area contributed by atoms with E-state index >= 15 is 0 Å². The van der Waals surface area contributed by atoms with Gasteiger partial charge in [-0.25, -0.2) is 9.97 Å². The summed E-state index contributed by atoms with van der Waals surface area (Å²) in [5.41, 5.74) is 4.93. The molecule has 192 valence electrons. The summed E-state index contributed by atoms with van der Waals surface area (Å²) in [5, 5.41) is 7.76. The Morgan fingerprint density at radius 1 is 1.05 bits per heavy atom. The van der Waals surface area contributed by atoms with E-state index < -0.39 is 0 Å². The molecular formula is C28H32ClN7O. The van der Waals surface area contributed by atoms with E-state index in [0.29, 0.717) is 36.1 Å². The normalized spacial score (nSPS) is 18.9. The van der Waals surface area contributed by atoms with Crippen molar-refractivity contribution in [2.45, 2.75) is 31.7 Å². The van der Waals surface area contributed by atoms with Gasteiger partial charge in [0.2, 0.25) is 5.95 Å². The molecule has 2 atom stereocenters. The third-order valence-corrected chi connectivity index (χ3v) is 7.70. The lowest BCUT2D eigenvalue weighted by molar-refractivity contribution is 0.122. The van der Waals surface area contributed by atoms with Crippen molar-refractivity contribution in [3.63, 3.8) is 0 Å². The molecule has 4 aromatic rings. The molecule has 2 aromatic carbocycles. The molecule has 37 heavy (non-hydrogen) atoms. The van der Waals surface area contributed by atoms with E-state index in [4.69, 9.17) is 31.3 Å². The molecular weight excluding hydrogens is 486 g/mol. The van der Waals surface area contributed by atoms with Crippen LogP contribution >= 0.6 is 11.6 Å². The molecule has 2 saturated heterocycles. The van der Waals surface area contributed by atoms with Crippen molar-refractivity contribution >= 4 is 40.1 Å². The van der Waals surface area contributed by atoms with Crippen LogP contribution < -0.4 is 15.5 Å². The van der Waals surface area contributed by atoms with Gasteiger partial charge in [0, 0.05) is 54.4 Å². The monoisotopic (exact) mass is 517 g/mol. The van der Waals surface area contributed by atoms with Crippen molar-refractivity contribution in [1.29, 1.82) is 0 Å². The fraction of sp³-hybridized carbons (Fsp3) is 0.393. The number of anilines is 3. The Morgan fingerprint density at radius 2 is 1.86 bits per heavy atom. The van der Waals surface area contributed by atoms with Crippen molar-refractivity contribution in [2.75, 3.05) is 43.1 Å². The number of fused-ring (bicyclic) bond motifs is 1. The molecule has 0 bridgehead atoms. The largest absolute Gasteiger partial charge is 0.378 e. The highest BCUT2D eigenvalue weighted by Gasteiger charge is 2.26. The molecule has 0 aliphatic carbocycles. The second kappa shape index (κ2) is 10.3. The molecule has 2 N–H and O–H groups in total. The minimum Gasteiger partial charge on any atom is -0.378 e. The van der Waals surface area contributed by atoms with E-state index in [1.807, 2.05) is 30.3 Å². The van der Waals surface area contributed by atoms with Gasteiger partial charge in [-0.15, -0.1) is 0 Å². The van der Waals surface area contributed by atoms with Gasteiger partial charge in [0.1, 0.15) is 11.6 Å². The number of hydrogen-bond acceptors (Lipinski definition) is 7. The van der Waals surface area contributed by atoms with Crippen LogP contribution in [0.15, 0.2) is 48.5 Å². The Bertz CT molecular complexity index is 1390. The van der Waals surface area contributed by atoms with Gasteiger partial charge in [0.25, 0.3) is 0 Å². The second-order valence-corrected chi connectivity index (χ2v) is 10.3. The third kappa shape index (κ3) is 5.01. The van der Waals surface area contributed by atoms with Gasteiger partial charge in [-0.2, -0.15) is 4.98 Å². The maximum atomic E-state index is 6.08. The Kier molecular flexibility index (Phi) is 6.71. The van der Waals surface area contributed by atoms with Crippen LogP contribution in [0.4, 0.5) is 17.5 Å². The van der Waals surface area contributed by atoms with E-state index in [2.05, 4.69) is 52.3 Å². The van der Waals surface area contributed by atoms with Crippen LogP contribution in [0, 0.1) is 0 Å². The fourth-order valence-electron chi connectivity index (χ4n) is 5.33. The van der Waals surface area contributed by atoms with Gasteiger partial charge in [-0.1, -0.05) is 24.6 Å². The third-order valence-electron chi connectivity index (χ3n) is 7.45. The number of halogens is 1. The highest BCUT2D eigenvalue weighted by Crippen LogP contribution is 2.31. The number of morpholine rings is 1. The zero-order valence-electron chi connectivity index (χ0n) is 21.2. The summed E-state index contributed by atoms with van der Waals surface area (Å²) in [4.78, 5) is 17.0. The van der Waals surface area contributed by atoms with Crippen LogP contribution in [0.3, 0.4) is 0 Å². The van der Waals surface area contributed by atoms with Gasteiger partial charge >= 0.3 is 0 Å². The zero-order valence-corrected chi connectivity index (χ0v) is 22.0. The Labute approximate surface area is 222 Å². The van der Waals surface area contributed by atoms with Crippen molar-refractivity contribution in [3.05, 3.63) is 59.4 Å². The number of hydrogen-bond donors (Lipinski definition) is 2. The number of benzene rings is 2. The molecule has 0 amide bonds. The van der Waals surface area contributed by atoms with Crippen LogP contribution in [0.1, 0.15) is 31.5 Å². The molecule has 4 heterocycles. The first-order valence-corrected chi connectivity index (χ1v) is 13.4. The second-order valence-electron chi connectivity index (χ2n) is 9.89. The summed E-state index contributed by atoms with van der Waals surface area (Å²) in [6.07, 6.45) is 2.43. The SMILES string of the molecule is CC(c1nc2ccc(-c3cc(Nc4ccc(Cl)cc4)nc(N4CCOCC4)n3)cc2n1C)C1CCCN1. The summed E-state index contributed by atoms with van der Waals surface area (Å²) in [6.45, 7) is 6.24. The fourth-order valence-corrected chi connectivity index (χ4v) is 5.45. The van der Waals surface area contributed by atoms with Crippen molar-refractivity contribution in [1.82, 2.24) is 24.8 Å². The van der Waals surface area contributed by atoms with Gasteiger partial charge in [0.05, 0.1) is 29.9 Å². The highest BCUT2D eigenvalue weighted by molar-refractivity contribution is 6.30. The molecule has 0 radical (unpaired) electrons. The zero-order chi connectivity index (χ0) is 25.4. The molecule has 2 aromatic heterocycles. The number of nitrogens with zero attached hydrogens (tertiary/aromatic N) is 5. The molecule has 0 spiro atoms. The predicted octanol–water partition coefficient (Wildman–Crippen LogP) is 5.12. The topological polar surface area (TPSA) is 80.1 Å². The number of nitrogens with one attached hydrogen (secondary N) is 2. The molecule has 0 saturated carbocycles. The standard InChI is InChI=1S/C28H32ClN7O/c1-18(22-4-3-11-30-22)27-32-23-10-5-19(16-25(23)35(27)2)24-17-26(31-21-8-6-20(29)7-9-21)34-28(33-24)36-12-14-37-15-13-36/h5-10,16-18,22,30H,3-4,11-15H2,1-2H3,(H,31,33,34). The van der Waals surface area contributed by atoms with E-state index in [9.17, 15) is 0 Å². The van der Waals surface area contributed by atoms with E-state index in [-0.39, 0.29) is 0 Å². The van der Waals surface area contributed by atoms with E-state index in [0.717, 1.165) is 59.3 Å². The number of aromatic nitrogens is 4. The minimum absolute atomic E-state index is 0.352. The van der Waals surface area contributed by atoms with Gasteiger partial charge < -0.3 is 24.8 Å². The quantitative estimate of drug-likeness (QED) is 0.367. The molecule has 2 unspecified atom stereocenters. The van der Waals surface area contributed by atoms with Crippen molar-refractivity contribution in [2.24, 2.45) is 7.05 Å². The van der Waals surface area contributed by atoms with Crippen molar-refractivity contribution in [3.8, 4) is 11.3 Å². The predicted molar refractivity (Wildman–Crippen MR) is 149 cm³/mol. The van der Waals surface area contributed by atoms with Crippen molar-refractivity contribution < 1.29 is 4.74 Å². The average Bonchev–Trinajstić information content (AvgIpc) is 3.58.